The van der Waals surface area contributed by atoms with Gasteiger partial charge in [0, 0.05) is 7.11 Å². The van der Waals surface area contributed by atoms with E-state index in [1.807, 2.05) is 51.1 Å². The van der Waals surface area contributed by atoms with Crippen molar-refractivity contribution in [2.75, 3.05) is 13.7 Å². The molecular formula is C26H38N2O8. The Morgan fingerprint density at radius 2 is 1.81 bits per heavy atom. The monoisotopic (exact) mass is 506 g/mol. The fraction of sp³-hybridized carbons (Fsp3) is 0.577. The summed E-state index contributed by atoms with van der Waals surface area (Å²) in [6, 6.07) is 8.19. The number of carbonyl (C=O) groups is 3. The molecule has 1 aromatic rings. The fourth-order valence-corrected chi connectivity index (χ4v) is 3.69. The molecule has 6 unspecified atom stereocenters. The van der Waals surface area contributed by atoms with E-state index in [9.17, 15) is 29.7 Å². The van der Waals surface area contributed by atoms with E-state index in [1.54, 1.807) is 6.08 Å². The van der Waals surface area contributed by atoms with E-state index in [1.165, 1.54) is 13.2 Å². The second kappa shape index (κ2) is 13.5. The van der Waals surface area contributed by atoms with Crippen LogP contribution in [0.5, 0.6) is 0 Å². The normalized spacial score (nSPS) is 22.1. The van der Waals surface area contributed by atoms with Crippen molar-refractivity contribution in [2.24, 2.45) is 5.41 Å². The molecule has 0 radical (unpaired) electrons. The summed E-state index contributed by atoms with van der Waals surface area (Å²) in [6.45, 7) is 5.80. The number of rotatable bonds is 10. The molecule has 2 amide bonds. The lowest BCUT2D eigenvalue weighted by Gasteiger charge is -2.28. The molecule has 0 bridgehead atoms. The summed E-state index contributed by atoms with van der Waals surface area (Å²) >= 11 is 0. The highest BCUT2D eigenvalue weighted by Gasteiger charge is 2.37. The molecule has 36 heavy (non-hydrogen) atoms. The van der Waals surface area contributed by atoms with Gasteiger partial charge in [0.05, 0.1) is 13.0 Å². The number of nitrogens with one attached hydrogen (secondary N) is 2. The van der Waals surface area contributed by atoms with E-state index in [0.717, 1.165) is 5.56 Å². The van der Waals surface area contributed by atoms with Crippen LogP contribution in [-0.4, -0.2) is 83.3 Å². The van der Waals surface area contributed by atoms with Crippen LogP contribution in [0.3, 0.4) is 0 Å². The third-order valence-corrected chi connectivity index (χ3v) is 5.72. The van der Waals surface area contributed by atoms with Gasteiger partial charge in [-0.05, 0) is 23.8 Å². The number of carbonyl (C=O) groups excluding carboxylic acids is 3. The molecular weight excluding hydrogens is 468 g/mol. The van der Waals surface area contributed by atoms with Gasteiger partial charge in [0.1, 0.15) is 30.5 Å². The minimum Gasteiger partial charge on any atom is -0.460 e. The maximum absolute atomic E-state index is 12.8. The number of aliphatic hydroxyl groups is 3. The minimum atomic E-state index is -1.75. The van der Waals surface area contributed by atoms with E-state index in [4.69, 9.17) is 9.47 Å². The van der Waals surface area contributed by atoms with Gasteiger partial charge in [-0.1, -0.05) is 63.3 Å². The highest BCUT2D eigenvalue weighted by atomic mass is 16.5. The average molecular weight is 507 g/mol. The van der Waals surface area contributed by atoms with Crippen LogP contribution in [0.4, 0.5) is 0 Å². The molecule has 0 aromatic heterocycles. The van der Waals surface area contributed by atoms with Crippen LogP contribution in [0.15, 0.2) is 42.5 Å². The molecule has 0 saturated carbocycles. The molecule has 1 saturated heterocycles. The van der Waals surface area contributed by atoms with Crippen LogP contribution in [0.25, 0.3) is 0 Å². The molecule has 1 heterocycles. The summed E-state index contributed by atoms with van der Waals surface area (Å²) in [5.74, 6) is -1.71. The molecule has 1 aliphatic heterocycles. The first-order chi connectivity index (χ1) is 16.9. The number of hydrogen-bond donors (Lipinski definition) is 5. The number of ether oxygens (including phenoxy) is 2. The van der Waals surface area contributed by atoms with Crippen LogP contribution in [-0.2, 0) is 30.3 Å². The molecule has 6 atom stereocenters. The molecule has 200 valence electrons. The Hall–Kier alpha value is -2.79. The van der Waals surface area contributed by atoms with Crippen LogP contribution in [0.1, 0.15) is 39.2 Å². The predicted molar refractivity (Wildman–Crippen MR) is 132 cm³/mol. The second-order valence-corrected chi connectivity index (χ2v) is 10.0. The Labute approximate surface area is 211 Å². The number of aliphatic hydroxyl groups excluding tert-OH is 3. The van der Waals surface area contributed by atoms with Crippen molar-refractivity contribution in [3.05, 3.63) is 48.0 Å². The first-order valence-corrected chi connectivity index (χ1v) is 12.0. The van der Waals surface area contributed by atoms with Gasteiger partial charge in [-0.25, -0.2) is 0 Å². The molecule has 2 rings (SSSR count). The molecule has 1 aromatic carbocycles. The largest absolute Gasteiger partial charge is 0.460 e. The summed E-state index contributed by atoms with van der Waals surface area (Å²) in [6.07, 6.45) is -3.34. The summed E-state index contributed by atoms with van der Waals surface area (Å²) in [4.78, 5) is 37.5. The van der Waals surface area contributed by atoms with Crippen molar-refractivity contribution in [1.29, 1.82) is 0 Å². The summed E-state index contributed by atoms with van der Waals surface area (Å²) < 4.78 is 10.6. The second-order valence-electron chi connectivity index (χ2n) is 10.0. The van der Waals surface area contributed by atoms with Gasteiger partial charge in [0.25, 0.3) is 5.91 Å². The standard InChI is InChI=1S/C26H38N2O8/c1-26(2,3)13-12-19(29)21(31)22(32)23(35-4)25(34)28-18-11-10-17(15-27-24(18)33)36-20(30)14-16-8-6-5-7-9-16/h5-9,12-13,17-19,21-23,29,31-32H,10-11,14-15H2,1-4H3,(H,27,33)(H,28,34). The number of esters is 1. The zero-order valence-electron chi connectivity index (χ0n) is 21.2. The van der Waals surface area contributed by atoms with Crippen molar-refractivity contribution >= 4 is 17.8 Å². The summed E-state index contributed by atoms with van der Waals surface area (Å²) in [7, 11) is 1.17. The third-order valence-electron chi connectivity index (χ3n) is 5.72. The van der Waals surface area contributed by atoms with Crippen molar-refractivity contribution in [1.82, 2.24) is 10.6 Å². The van der Waals surface area contributed by atoms with Gasteiger partial charge >= 0.3 is 5.97 Å². The van der Waals surface area contributed by atoms with E-state index < -0.39 is 54.3 Å². The lowest BCUT2D eigenvalue weighted by atomic mass is 9.94. The molecule has 1 fully saturated rings. The lowest BCUT2D eigenvalue weighted by Crippen LogP contribution is -2.55. The van der Waals surface area contributed by atoms with Crippen LogP contribution < -0.4 is 10.6 Å². The number of amides is 2. The zero-order chi connectivity index (χ0) is 26.9. The van der Waals surface area contributed by atoms with E-state index in [0.29, 0.717) is 6.42 Å². The Morgan fingerprint density at radius 1 is 1.14 bits per heavy atom. The Kier molecular flexibility index (Phi) is 11.0. The minimum absolute atomic E-state index is 0.104. The molecule has 10 nitrogen and oxygen atoms in total. The van der Waals surface area contributed by atoms with Gasteiger partial charge in [0.15, 0.2) is 6.10 Å². The lowest BCUT2D eigenvalue weighted by molar-refractivity contribution is -0.151. The first kappa shape index (κ1) is 29.4. The SMILES string of the molecule is COC(C(=O)NC1CCC(OC(=O)Cc2ccccc2)CNC1=O)C(O)C(O)C(O)C=CC(C)(C)C. The third kappa shape index (κ3) is 9.34. The van der Waals surface area contributed by atoms with Gasteiger partial charge < -0.3 is 35.4 Å². The first-order valence-electron chi connectivity index (χ1n) is 12.0. The summed E-state index contributed by atoms with van der Waals surface area (Å²) in [5.41, 5.74) is 0.556. The maximum atomic E-state index is 12.8. The highest BCUT2D eigenvalue weighted by Crippen LogP contribution is 2.17. The van der Waals surface area contributed by atoms with E-state index in [-0.39, 0.29) is 24.8 Å². The number of allylic oxidation sites excluding steroid dienone is 1. The van der Waals surface area contributed by atoms with Crippen LogP contribution >= 0.6 is 0 Å². The average Bonchev–Trinajstić information content (AvgIpc) is 2.98. The zero-order valence-corrected chi connectivity index (χ0v) is 21.2. The maximum Gasteiger partial charge on any atom is 0.310 e. The van der Waals surface area contributed by atoms with Crippen LogP contribution in [0, 0.1) is 5.41 Å². The van der Waals surface area contributed by atoms with Gasteiger partial charge in [-0.15, -0.1) is 0 Å². The van der Waals surface area contributed by atoms with Crippen molar-refractivity contribution in [3.63, 3.8) is 0 Å². The highest BCUT2D eigenvalue weighted by molar-refractivity contribution is 5.89. The van der Waals surface area contributed by atoms with Crippen molar-refractivity contribution < 1.29 is 39.2 Å². The Bertz CT molecular complexity index is 899. The molecule has 1 aliphatic rings. The molecule has 5 N–H and O–H groups in total. The van der Waals surface area contributed by atoms with E-state index in [2.05, 4.69) is 10.6 Å². The molecule has 0 spiro atoms. The van der Waals surface area contributed by atoms with Gasteiger partial charge in [0.2, 0.25) is 5.91 Å². The Balaban J connectivity index is 1.92. The van der Waals surface area contributed by atoms with Crippen molar-refractivity contribution in [2.45, 2.75) is 76.6 Å². The Morgan fingerprint density at radius 3 is 2.42 bits per heavy atom. The van der Waals surface area contributed by atoms with Gasteiger partial charge in [-0.3, -0.25) is 14.4 Å². The summed E-state index contributed by atoms with van der Waals surface area (Å²) in [5, 5.41) is 36.1. The topological polar surface area (TPSA) is 154 Å². The number of benzene rings is 1. The molecule has 10 heteroatoms. The molecule has 0 aliphatic carbocycles. The van der Waals surface area contributed by atoms with Crippen molar-refractivity contribution in [3.8, 4) is 0 Å². The van der Waals surface area contributed by atoms with Gasteiger partial charge in [-0.2, -0.15) is 0 Å². The number of hydrogen-bond acceptors (Lipinski definition) is 8. The predicted octanol–water partition coefficient (Wildman–Crippen LogP) is 0.236. The quantitative estimate of drug-likeness (QED) is 0.223. The van der Waals surface area contributed by atoms with Crippen LogP contribution in [0.2, 0.25) is 0 Å². The smallest absolute Gasteiger partial charge is 0.310 e. The number of methoxy groups -OCH3 is 1. The van der Waals surface area contributed by atoms with E-state index >= 15 is 0 Å². The fourth-order valence-electron chi connectivity index (χ4n) is 3.69.